The number of allylic oxidation sites excluding steroid dienone is 22. The average molecular weight is 1150 g/mol. The van der Waals surface area contributed by atoms with Crippen LogP contribution in [0.2, 0.25) is 0 Å². The summed E-state index contributed by atoms with van der Waals surface area (Å²) in [6.07, 6.45) is 99.3. The quantitative estimate of drug-likeness (QED) is 0.0261. The van der Waals surface area contributed by atoms with Crippen molar-refractivity contribution < 1.29 is 28.6 Å². The number of carbonyl (C=O) groups is 3. The van der Waals surface area contributed by atoms with Crippen molar-refractivity contribution in [2.24, 2.45) is 0 Å². The summed E-state index contributed by atoms with van der Waals surface area (Å²) in [5.41, 5.74) is 0. The molecule has 0 aliphatic carbocycles. The van der Waals surface area contributed by atoms with Gasteiger partial charge >= 0.3 is 17.9 Å². The van der Waals surface area contributed by atoms with E-state index in [1.165, 1.54) is 141 Å². The highest BCUT2D eigenvalue weighted by Gasteiger charge is 2.19. The monoisotopic (exact) mass is 1150 g/mol. The van der Waals surface area contributed by atoms with Crippen LogP contribution >= 0.6 is 0 Å². The molecule has 0 fully saturated rings. The first-order valence-electron chi connectivity index (χ1n) is 34.7. The van der Waals surface area contributed by atoms with Crippen LogP contribution in [0.25, 0.3) is 0 Å². The van der Waals surface area contributed by atoms with E-state index < -0.39 is 6.10 Å². The zero-order valence-corrected chi connectivity index (χ0v) is 54.2. The summed E-state index contributed by atoms with van der Waals surface area (Å²) < 4.78 is 16.9. The molecule has 6 nitrogen and oxygen atoms in total. The fourth-order valence-corrected chi connectivity index (χ4v) is 9.53. The summed E-state index contributed by atoms with van der Waals surface area (Å²) in [5.74, 6) is -0.887. The minimum atomic E-state index is -0.782. The smallest absolute Gasteiger partial charge is 0.306 e. The normalized spacial score (nSPS) is 13.0. The zero-order valence-electron chi connectivity index (χ0n) is 54.2. The van der Waals surface area contributed by atoms with Crippen molar-refractivity contribution in [3.05, 3.63) is 134 Å². The van der Waals surface area contributed by atoms with Gasteiger partial charge in [0.25, 0.3) is 0 Å². The number of hydrogen-bond donors (Lipinski definition) is 0. The van der Waals surface area contributed by atoms with Gasteiger partial charge in [-0.05, 0) is 116 Å². The Kier molecular flexibility index (Phi) is 66.3. The molecule has 0 saturated heterocycles. The van der Waals surface area contributed by atoms with Crippen LogP contribution in [0.5, 0.6) is 0 Å². The Morgan fingerprint density at radius 2 is 0.470 bits per heavy atom. The minimum absolute atomic E-state index is 0.0804. The Bertz CT molecular complexity index is 1750. The van der Waals surface area contributed by atoms with Gasteiger partial charge in [0.15, 0.2) is 6.10 Å². The van der Waals surface area contributed by atoms with E-state index in [0.717, 1.165) is 135 Å². The highest BCUT2D eigenvalue weighted by atomic mass is 16.6. The molecule has 0 aromatic carbocycles. The van der Waals surface area contributed by atoms with Gasteiger partial charge in [-0.1, -0.05) is 315 Å². The van der Waals surface area contributed by atoms with Crippen LogP contribution in [0.4, 0.5) is 0 Å². The van der Waals surface area contributed by atoms with E-state index in [1.807, 2.05) is 0 Å². The van der Waals surface area contributed by atoms with Crippen molar-refractivity contribution in [1.82, 2.24) is 0 Å². The molecule has 0 spiro atoms. The summed E-state index contributed by atoms with van der Waals surface area (Å²) >= 11 is 0. The molecule has 83 heavy (non-hydrogen) atoms. The molecule has 0 aliphatic rings. The van der Waals surface area contributed by atoms with Gasteiger partial charge < -0.3 is 14.2 Å². The van der Waals surface area contributed by atoms with E-state index in [9.17, 15) is 14.4 Å². The first-order chi connectivity index (χ1) is 41.0. The molecule has 0 rings (SSSR count). The van der Waals surface area contributed by atoms with Crippen molar-refractivity contribution in [2.75, 3.05) is 13.2 Å². The van der Waals surface area contributed by atoms with Crippen molar-refractivity contribution >= 4 is 17.9 Å². The molecule has 0 aromatic rings. The van der Waals surface area contributed by atoms with E-state index >= 15 is 0 Å². The van der Waals surface area contributed by atoms with E-state index in [1.54, 1.807) is 0 Å². The maximum atomic E-state index is 12.9. The van der Waals surface area contributed by atoms with Gasteiger partial charge in [0.2, 0.25) is 0 Å². The topological polar surface area (TPSA) is 78.9 Å². The second kappa shape index (κ2) is 70.0. The van der Waals surface area contributed by atoms with E-state index in [2.05, 4.69) is 154 Å². The third kappa shape index (κ3) is 68.2. The summed E-state index contributed by atoms with van der Waals surface area (Å²) in [4.78, 5) is 38.2. The molecule has 0 bridgehead atoms. The molecule has 1 atom stereocenters. The Morgan fingerprint density at radius 1 is 0.253 bits per heavy atom. The molecule has 0 saturated carbocycles. The fraction of sp³-hybridized carbons (Fsp3) is 0.675. The van der Waals surface area contributed by atoms with Gasteiger partial charge in [-0.25, -0.2) is 0 Å². The second-order valence-electron chi connectivity index (χ2n) is 22.7. The number of rotatable bonds is 62. The zero-order chi connectivity index (χ0) is 59.9. The average Bonchev–Trinajstić information content (AvgIpc) is 3.50. The maximum absolute atomic E-state index is 12.9. The highest BCUT2D eigenvalue weighted by Crippen LogP contribution is 2.17. The first kappa shape index (κ1) is 78.5. The predicted octanol–water partition coefficient (Wildman–Crippen LogP) is 24.1. The van der Waals surface area contributed by atoms with E-state index in [4.69, 9.17) is 14.2 Å². The molecule has 1 unspecified atom stereocenters. The van der Waals surface area contributed by atoms with Crippen molar-refractivity contribution in [2.45, 2.75) is 322 Å². The SMILES string of the molecule is CC/C=C\C/C=C\C/C=C\C/C=C\C/C=C\C/C=C\CCCCCCCCCCCCCCCCC(=O)OCC(COC(=O)CCCCCCCCC)OC(=O)CCCCCCCCCCC/C=C\C/C=C\C/C=C\C/C=C\C/C=C\CC. The molecule has 0 aromatic heterocycles. The molecule has 472 valence electrons. The van der Waals surface area contributed by atoms with Crippen molar-refractivity contribution in [1.29, 1.82) is 0 Å². The van der Waals surface area contributed by atoms with Gasteiger partial charge in [-0.3, -0.25) is 14.4 Å². The Morgan fingerprint density at radius 3 is 0.735 bits per heavy atom. The van der Waals surface area contributed by atoms with E-state index in [0.29, 0.717) is 19.3 Å². The molecule has 6 heteroatoms. The van der Waals surface area contributed by atoms with Gasteiger partial charge in [0.05, 0.1) is 0 Å². The summed E-state index contributed by atoms with van der Waals surface area (Å²) in [6, 6.07) is 0. The van der Waals surface area contributed by atoms with Crippen LogP contribution in [0.1, 0.15) is 316 Å². The minimum Gasteiger partial charge on any atom is -0.462 e. The molecule has 0 aliphatic heterocycles. The van der Waals surface area contributed by atoms with Crippen LogP contribution < -0.4 is 0 Å². The van der Waals surface area contributed by atoms with Gasteiger partial charge in [-0.2, -0.15) is 0 Å². The van der Waals surface area contributed by atoms with Crippen molar-refractivity contribution in [3.63, 3.8) is 0 Å². The van der Waals surface area contributed by atoms with Crippen LogP contribution in [0, 0.1) is 0 Å². The largest absolute Gasteiger partial charge is 0.462 e. The summed E-state index contributed by atoms with van der Waals surface area (Å²) in [5, 5.41) is 0. The van der Waals surface area contributed by atoms with Crippen LogP contribution in [-0.4, -0.2) is 37.2 Å². The lowest BCUT2D eigenvalue weighted by atomic mass is 10.0. The Hall–Kier alpha value is -4.45. The number of carbonyl (C=O) groups excluding carboxylic acids is 3. The van der Waals surface area contributed by atoms with Crippen LogP contribution in [0.15, 0.2) is 134 Å². The lowest BCUT2D eigenvalue weighted by Gasteiger charge is -2.18. The first-order valence-corrected chi connectivity index (χ1v) is 34.7. The summed E-state index contributed by atoms with van der Waals surface area (Å²) in [6.45, 7) is 6.38. The third-order valence-electron chi connectivity index (χ3n) is 14.7. The van der Waals surface area contributed by atoms with E-state index in [-0.39, 0.29) is 31.1 Å². The van der Waals surface area contributed by atoms with Gasteiger partial charge in [0.1, 0.15) is 13.2 Å². The lowest BCUT2D eigenvalue weighted by molar-refractivity contribution is -0.167. The molecule has 0 heterocycles. The molecule has 0 amide bonds. The lowest BCUT2D eigenvalue weighted by Crippen LogP contribution is -2.30. The van der Waals surface area contributed by atoms with Gasteiger partial charge in [0, 0.05) is 19.3 Å². The highest BCUT2D eigenvalue weighted by molar-refractivity contribution is 5.71. The van der Waals surface area contributed by atoms with Crippen molar-refractivity contribution in [3.8, 4) is 0 Å². The molecular weight excluding hydrogens is 1020 g/mol. The second-order valence-corrected chi connectivity index (χ2v) is 22.7. The number of hydrogen-bond acceptors (Lipinski definition) is 6. The van der Waals surface area contributed by atoms with Gasteiger partial charge in [-0.15, -0.1) is 0 Å². The number of unbranched alkanes of at least 4 members (excludes halogenated alkanes) is 29. The maximum Gasteiger partial charge on any atom is 0.306 e. The number of ether oxygens (including phenoxy) is 3. The third-order valence-corrected chi connectivity index (χ3v) is 14.7. The Labute approximate surface area is 513 Å². The number of esters is 3. The predicted molar refractivity (Wildman–Crippen MR) is 362 cm³/mol. The molecular formula is C77H128O6. The Balaban J connectivity index is 4.10. The fourth-order valence-electron chi connectivity index (χ4n) is 9.53. The summed E-state index contributed by atoms with van der Waals surface area (Å²) in [7, 11) is 0. The molecule has 0 radical (unpaired) electrons. The van der Waals surface area contributed by atoms with Crippen LogP contribution in [-0.2, 0) is 28.6 Å². The van der Waals surface area contributed by atoms with Crippen LogP contribution in [0.3, 0.4) is 0 Å². The standard InChI is InChI=1S/C77H128O6/c1-4-7-10-13-16-18-20-22-24-26-28-30-32-34-35-36-37-38-39-40-41-43-44-46-48-50-52-54-56-58-61-64-67-70-76(79)82-73-74(72-81-75(78)69-66-63-60-15-12-9-6-3)83-77(80)71-68-65-62-59-57-55-53-51-49-47-45-42-33-31-29-27-25-23-21-19-17-14-11-8-5-2/h7-8,10-11,16-19,22-25,28-31,34-35,37-38,42,45,74H,4-6,9,12-15,20-21,26-27,32-33,36,39-41,43-44,46-73H2,1-3H3/b10-7-,11-8-,18-16-,19-17-,24-22-,25-23-,30-28-,31-29-,35-34-,38-37-,45-42-. The molecule has 0 N–H and O–H groups in total.